The summed E-state index contributed by atoms with van der Waals surface area (Å²) in [5.41, 5.74) is 1.36. The van der Waals surface area contributed by atoms with Crippen LogP contribution in [0.5, 0.6) is 0 Å². The van der Waals surface area contributed by atoms with Crippen molar-refractivity contribution in [3.8, 4) is 5.69 Å². The minimum absolute atomic E-state index is 0.0135. The van der Waals surface area contributed by atoms with Crippen molar-refractivity contribution in [2.45, 2.75) is 25.3 Å². The molecule has 3 heterocycles. The van der Waals surface area contributed by atoms with Gasteiger partial charge in [0.15, 0.2) is 0 Å². The summed E-state index contributed by atoms with van der Waals surface area (Å²) < 4.78 is 7.93. The smallest absolute Gasteiger partial charge is 0.305 e. The number of fused-ring (bicyclic) bond motifs is 1. The van der Waals surface area contributed by atoms with Gasteiger partial charge in [-0.25, -0.2) is 14.6 Å². The molecule has 2 aromatic heterocycles. The summed E-state index contributed by atoms with van der Waals surface area (Å²) in [4.78, 5) is 21.7. The molecule has 0 radical (unpaired) electrons. The molecule has 1 aliphatic heterocycles. The molecule has 0 aliphatic carbocycles. The van der Waals surface area contributed by atoms with E-state index in [0.717, 1.165) is 36.3 Å². The van der Waals surface area contributed by atoms with Gasteiger partial charge in [-0.1, -0.05) is 23.2 Å². The fourth-order valence-corrected chi connectivity index (χ4v) is 4.53. The molecule has 1 N–H and O–H groups in total. The highest BCUT2D eigenvalue weighted by Crippen LogP contribution is 2.40. The molecule has 1 saturated heterocycles. The fraction of sp³-hybridized carbons (Fsp3) is 0.368. The van der Waals surface area contributed by atoms with E-state index < -0.39 is 5.97 Å². The van der Waals surface area contributed by atoms with E-state index in [0.29, 0.717) is 26.6 Å². The second-order valence-electron chi connectivity index (χ2n) is 6.93. The van der Waals surface area contributed by atoms with Crippen LogP contribution in [0.25, 0.3) is 16.6 Å². The van der Waals surface area contributed by atoms with Crippen molar-refractivity contribution in [3.63, 3.8) is 0 Å². The van der Waals surface area contributed by atoms with Crippen molar-refractivity contribution in [2.75, 3.05) is 24.7 Å². The Labute approximate surface area is 190 Å². The summed E-state index contributed by atoms with van der Waals surface area (Å²) in [6.07, 6.45) is 4.99. The van der Waals surface area contributed by atoms with Crippen molar-refractivity contribution in [1.82, 2.24) is 19.7 Å². The third-order valence-corrected chi connectivity index (χ3v) is 6.72. The molecule has 30 heavy (non-hydrogen) atoms. The first-order valence-corrected chi connectivity index (χ1v) is 10.9. The first kappa shape index (κ1) is 21.3. The van der Waals surface area contributed by atoms with Crippen LogP contribution < -0.4 is 4.90 Å². The van der Waals surface area contributed by atoms with Crippen molar-refractivity contribution in [3.05, 3.63) is 39.3 Å². The summed E-state index contributed by atoms with van der Waals surface area (Å²) in [6, 6.07) is 3.91. The van der Waals surface area contributed by atoms with Crippen molar-refractivity contribution >= 4 is 61.8 Å². The molecule has 11 heteroatoms. The molecule has 0 unspecified atom stereocenters. The number of pyridine rings is 1. The molecule has 0 saturated carbocycles. The Morgan fingerprint density at radius 3 is 2.90 bits per heavy atom. The molecule has 8 nitrogen and oxygen atoms in total. The van der Waals surface area contributed by atoms with Gasteiger partial charge in [0.1, 0.15) is 18.5 Å². The van der Waals surface area contributed by atoms with Gasteiger partial charge >= 0.3 is 5.97 Å². The lowest BCUT2D eigenvalue weighted by Gasteiger charge is -2.26. The number of ether oxygens (including phenoxy) is 1. The Hall–Kier alpha value is -1.94. The molecular weight excluding hydrogens is 497 g/mol. The number of hydrogen-bond donors (Lipinski definition) is 1. The van der Waals surface area contributed by atoms with Crippen LogP contribution in [0.3, 0.4) is 0 Å². The second-order valence-corrected chi connectivity index (χ2v) is 8.54. The van der Waals surface area contributed by atoms with E-state index in [-0.39, 0.29) is 19.1 Å². The molecule has 1 atom stereocenters. The minimum atomic E-state index is -0.871. The molecular formula is C19H18BrCl2N5O3. The zero-order valence-corrected chi connectivity index (χ0v) is 18.9. The van der Waals surface area contributed by atoms with Crippen LogP contribution in [0, 0.1) is 0 Å². The number of aliphatic carboxylic acids is 1. The predicted molar refractivity (Wildman–Crippen MR) is 118 cm³/mol. The number of carbonyl (C=O) groups is 1. The van der Waals surface area contributed by atoms with Crippen molar-refractivity contribution in [1.29, 1.82) is 0 Å². The maximum absolute atomic E-state index is 10.7. The number of nitrogens with zero attached hydrogens (tertiary/aromatic N) is 5. The van der Waals surface area contributed by atoms with Gasteiger partial charge in [0.05, 0.1) is 46.9 Å². The Morgan fingerprint density at radius 1 is 1.33 bits per heavy atom. The number of anilines is 1. The molecule has 158 valence electrons. The highest BCUT2D eigenvalue weighted by Gasteiger charge is 2.27. The van der Waals surface area contributed by atoms with E-state index in [9.17, 15) is 4.79 Å². The van der Waals surface area contributed by atoms with E-state index >= 15 is 0 Å². The molecule has 1 aliphatic rings. The third kappa shape index (κ3) is 4.25. The van der Waals surface area contributed by atoms with Crippen LogP contribution >= 0.6 is 39.1 Å². The number of carboxylic acid groups (broad SMARTS) is 1. The predicted octanol–water partition coefficient (Wildman–Crippen LogP) is 4.34. The average Bonchev–Trinajstić information content (AvgIpc) is 3.41. The van der Waals surface area contributed by atoms with Gasteiger partial charge in [0.2, 0.25) is 0 Å². The third-order valence-electron chi connectivity index (χ3n) is 5.01. The number of benzene rings is 1. The monoisotopic (exact) mass is 513 g/mol. The summed E-state index contributed by atoms with van der Waals surface area (Å²) >= 11 is 16.3. The quantitative estimate of drug-likeness (QED) is 0.370. The van der Waals surface area contributed by atoms with Crippen LogP contribution in [0.4, 0.5) is 5.82 Å². The first-order chi connectivity index (χ1) is 14.5. The maximum atomic E-state index is 10.7. The Kier molecular flexibility index (Phi) is 6.43. The lowest BCUT2D eigenvalue weighted by molar-refractivity contribution is -0.138. The molecule has 0 spiro atoms. The molecule has 3 aromatic rings. The topological polar surface area (TPSA) is 93.4 Å². The minimum Gasteiger partial charge on any atom is -0.481 e. The van der Waals surface area contributed by atoms with Gasteiger partial charge in [0, 0.05) is 22.5 Å². The van der Waals surface area contributed by atoms with E-state index in [1.807, 2.05) is 12.1 Å². The molecule has 0 amide bonds. The van der Waals surface area contributed by atoms with E-state index in [1.54, 1.807) is 11.0 Å². The summed E-state index contributed by atoms with van der Waals surface area (Å²) in [7, 11) is 0. The van der Waals surface area contributed by atoms with Crippen LogP contribution in [0.1, 0.15) is 19.3 Å². The maximum Gasteiger partial charge on any atom is 0.305 e. The average molecular weight is 515 g/mol. The Morgan fingerprint density at radius 2 is 2.17 bits per heavy atom. The second kappa shape index (κ2) is 9.05. The lowest BCUT2D eigenvalue weighted by Crippen LogP contribution is -2.34. The SMILES string of the molecule is O=C(O)CCOC[C@H]1CCCN1c1cc(-n2cncn2)c2cc(Br)c(Cl)c(Cl)c2n1. The lowest BCUT2D eigenvalue weighted by atomic mass is 10.1. The van der Waals surface area contributed by atoms with Crippen molar-refractivity contribution < 1.29 is 14.6 Å². The summed E-state index contributed by atoms with van der Waals surface area (Å²) in [5.74, 6) is -0.137. The molecule has 0 bridgehead atoms. The zero-order chi connectivity index (χ0) is 21.3. The van der Waals surface area contributed by atoms with Gasteiger partial charge < -0.3 is 14.7 Å². The molecule has 1 fully saturated rings. The standard InChI is InChI=1S/C19H18BrCl2N5O3/c20-13-6-12-14(27-10-23-9-24-27)7-15(25-19(12)18(22)17(13)21)26-4-1-2-11(26)8-30-5-3-16(28)29/h6-7,9-11H,1-5,8H2,(H,28,29)/t11-/m1/s1. The molecule has 4 rings (SSSR count). The molecule has 1 aromatic carbocycles. The summed E-state index contributed by atoms with van der Waals surface area (Å²) in [6.45, 7) is 1.43. The number of rotatable bonds is 7. The zero-order valence-electron chi connectivity index (χ0n) is 15.8. The highest BCUT2D eigenvalue weighted by atomic mass is 79.9. The normalized spacial score (nSPS) is 16.5. The fourth-order valence-electron chi connectivity index (χ4n) is 3.60. The number of aromatic nitrogens is 4. The van der Waals surface area contributed by atoms with Crippen LogP contribution in [-0.2, 0) is 9.53 Å². The van der Waals surface area contributed by atoms with Crippen LogP contribution in [0.15, 0.2) is 29.3 Å². The Bertz CT molecular complexity index is 1080. The largest absolute Gasteiger partial charge is 0.481 e. The first-order valence-electron chi connectivity index (χ1n) is 9.35. The van der Waals surface area contributed by atoms with Crippen molar-refractivity contribution in [2.24, 2.45) is 0 Å². The van der Waals surface area contributed by atoms with Gasteiger partial charge in [-0.3, -0.25) is 4.79 Å². The van der Waals surface area contributed by atoms with E-state index in [4.69, 9.17) is 38.0 Å². The number of hydrogen-bond acceptors (Lipinski definition) is 6. The van der Waals surface area contributed by atoms with Gasteiger partial charge in [-0.05, 0) is 34.8 Å². The van der Waals surface area contributed by atoms with Gasteiger partial charge in [-0.15, -0.1) is 0 Å². The van der Waals surface area contributed by atoms with Crippen LogP contribution in [0.2, 0.25) is 10.0 Å². The number of carboxylic acids is 1. The van der Waals surface area contributed by atoms with E-state index in [1.165, 1.54) is 6.33 Å². The Balaban J connectivity index is 1.73. The van der Waals surface area contributed by atoms with Crippen LogP contribution in [-0.4, -0.2) is 56.6 Å². The highest BCUT2D eigenvalue weighted by molar-refractivity contribution is 9.10. The van der Waals surface area contributed by atoms with Gasteiger partial charge in [-0.2, -0.15) is 5.10 Å². The number of halogens is 3. The van der Waals surface area contributed by atoms with Gasteiger partial charge in [0.25, 0.3) is 0 Å². The summed E-state index contributed by atoms with van der Waals surface area (Å²) in [5, 5.41) is 14.6. The van der Waals surface area contributed by atoms with E-state index in [2.05, 4.69) is 30.9 Å².